The lowest BCUT2D eigenvalue weighted by Gasteiger charge is -2.23. The van der Waals surface area contributed by atoms with Crippen molar-refractivity contribution in [3.8, 4) is 11.1 Å². The smallest absolute Gasteiger partial charge is 0.321 e. The van der Waals surface area contributed by atoms with Crippen molar-refractivity contribution in [1.29, 1.82) is 0 Å². The first-order chi connectivity index (χ1) is 15.6. The topological polar surface area (TPSA) is 63.7 Å². The molecule has 0 unspecified atom stereocenters. The van der Waals surface area contributed by atoms with Crippen LogP contribution in [0.5, 0.6) is 0 Å². The Morgan fingerprint density at radius 1 is 1.00 bits per heavy atom. The van der Waals surface area contributed by atoms with Crippen LogP contribution in [-0.2, 0) is 26.1 Å². The predicted octanol–water partition coefficient (Wildman–Crippen LogP) is 5.35. The largest absolute Gasteiger partial charge is 0.465 e. The van der Waals surface area contributed by atoms with Crippen LogP contribution in [0.25, 0.3) is 11.1 Å². The van der Waals surface area contributed by atoms with Crippen LogP contribution in [-0.4, -0.2) is 31.8 Å². The zero-order valence-electron chi connectivity index (χ0n) is 18.0. The quantitative estimate of drug-likeness (QED) is 0.397. The van der Waals surface area contributed by atoms with Crippen LogP contribution in [0.15, 0.2) is 65.6 Å². The van der Waals surface area contributed by atoms with Gasteiger partial charge < -0.3 is 4.74 Å². The molecular weight excluding hydrogens is 472 g/mol. The Bertz CT molecular complexity index is 1260. The second kappa shape index (κ2) is 10.4. The van der Waals surface area contributed by atoms with E-state index in [4.69, 9.17) is 16.3 Å². The maximum atomic E-state index is 14.5. The number of hydrogen-bond donors (Lipinski definition) is 0. The third-order valence-corrected chi connectivity index (χ3v) is 6.95. The van der Waals surface area contributed by atoms with Crippen LogP contribution in [0, 0.1) is 18.6 Å². The van der Waals surface area contributed by atoms with Crippen LogP contribution < -0.4 is 0 Å². The highest BCUT2D eigenvalue weighted by Crippen LogP contribution is 2.31. The molecule has 0 fully saturated rings. The summed E-state index contributed by atoms with van der Waals surface area (Å²) in [6.45, 7) is 2.68. The Balaban J connectivity index is 2.08. The number of benzene rings is 3. The third kappa shape index (κ3) is 5.96. The molecule has 0 aliphatic rings. The average Bonchev–Trinajstić information content (AvgIpc) is 2.74. The molecule has 0 saturated carbocycles. The summed E-state index contributed by atoms with van der Waals surface area (Å²) < 4.78 is 60.6. The van der Waals surface area contributed by atoms with E-state index >= 15 is 0 Å². The van der Waals surface area contributed by atoms with Crippen LogP contribution in [0.2, 0.25) is 5.02 Å². The minimum atomic E-state index is -4.12. The Kier molecular flexibility index (Phi) is 7.84. The summed E-state index contributed by atoms with van der Waals surface area (Å²) in [4.78, 5) is 12.2. The monoisotopic (exact) mass is 493 g/mol. The number of hydrogen-bond acceptors (Lipinski definition) is 4. The van der Waals surface area contributed by atoms with Gasteiger partial charge in [-0.25, -0.2) is 17.2 Å². The standard InChI is InChI=1S/C24H22ClF2NO4S/c1-3-32-24(29)15-28(33(30,31)20-8-4-16(2)5-9-20)14-17-12-18(25)6-10-21(17)22-11-7-19(26)13-23(22)27/h4-13H,3,14-15H2,1-2H3. The van der Waals surface area contributed by atoms with Gasteiger partial charge in [0.25, 0.3) is 0 Å². The van der Waals surface area contributed by atoms with Gasteiger partial charge in [0.1, 0.15) is 18.2 Å². The van der Waals surface area contributed by atoms with Crippen LogP contribution in [0.4, 0.5) is 8.78 Å². The molecule has 0 saturated heterocycles. The van der Waals surface area contributed by atoms with Gasteiger partial charge in [-0.3, -0.25) is 4.79 Å². The molecule has 3 aromatic rings. The summed E-state index contributed by atoms with van der Waals surface area (Å²) in [5.74, 6) is -2.28. The van der Waals surface area contributed by atoms with Gasteiger partial charge in [0.15, 0.2) is 0 Å². The van der Waals surface area contributed by atoms with Gasteiger partial charge in [0.05, 0.1) is 11.5 Å². The molecule has 0 aliphatic heterocycles. The van der Waals surface area contributed by atoms with E-state index in [0.717, 1.165) is 22.0 Å². The van der Waals surface area contributed by atoms with Crippen LogP contribution in [0.3, 0.4) is 0 Å². The Hall–Kier alpha value is -2.81. The van der Waals surface area contributed by atoms with Crippen LogP contribution in [0.1, 0.15) is 18.1 Å². The summed E-state index contributed by atoms with van der Waals surface area (Å²) >= 11 is 6.14. The van der Waals surface area contributed by atoms with Gasteiger partial charge in [-0.15, -0.1) is 0 Å². The lowest BCUT2D eigenvalue weighted by Crippen LogP contribution is -2.36. The van der Waals surface area contributed by atoms with E-state index in [2.05, 4.69) is 0 Å². The van der Waals surface area contributed by atoms with Crippen molar-refractivity contribution in [3.05, 3.63) is 88.4 Å². The number of aryl methyl sites for hydroxylation is 1. The zero-order chi connectivity index (χ0) is 24.2. The van der Waals surface area contributed by atoms with E-state index in [1.165, 1.54) is 36.4 Å². The number of nitrogens with zero attached hydrogens (tertiary/aromatic N) is 1. The Morgan fingerprint density at radius 3 is 2.30 bits per heavy atom. The normalized spacial score (nSPS) is 11.6. The SMILES string of the molecule is CCOC(=O)CN(Cc1cc(Cl)ccc1-c1ccc(F)cc1F)S(=O)(=O)c1ccc(C)cc1. The van der Waals surface area contributed by atoms with Crippen LogP contribution >= 0.6 is 11.6 Å². The minimum Gasteiger partial charge on any atom is -0.465 e. The fourth-order valence-electron chi connectivity index (χ4n) is 3.29. The number of esters is 1. The van der Waals surface area contributed by atoms with Gasteiger partial charge in [0.2, 0.25) is 10.0 Å². The van der Waals surface area contributed by atoms with Crippen molar-refractivity contribution in [2.24, 2.45) is 0 Å². The van der Waals surface area contributed by atoms with E-state index in [1.54, 1.807) is 19.1 Å². The molecule has 5 nitrogen and oxygen atoms in total. The molecule has 0 bridgehead atoms. The van der Waals surface area contributed by atoms with Gasteiger partial charge in [-0.1, -0.05) is 35.4 Å². The molecule has 0 aliphatic carbocycles. The number of carbonyl (C=O) groups is 1. The molecule has 3 rings (SSSR count). The molecule has 3 aromatic carbocycles. The number of halogens is 3. The minimum absolute atomic E-state index is 0.00561. The Labute approximate surface area is 196 Å². The lowest BCUT2D eigenvalue weighted by molar-refractivity contribution is -0.143. The van der Waals surface area contributed by atoms with Gasteiger partial charge in [-0.2, -0.15) is 4.31 Å². The van der Waals surface area contributed by atoms with E-state index in [1.807, 2.05) is 6.92 Å². The molecule has 0 atom stereocenters. The average molecular weight is 494 g/mol. The summed E-state index contributed by atoms with van der Waals surface area (Å²) in [5, 5.41) is 0.292. The molecule has 0 heterocycles. The maximum Gasteiger partial charge on any atom is 0.321 e. The first kappa shape index (κ1) is 24.8. The molecular formula is C24H22ClF2NO4S. The Morgan fingerprint density at radius 2 is 1.67 bits per heavy atom. The molecule has 174 valence electrons. The van der Waals surface area contributed by atoms with Crippen molar-refractivity contribution in [3.63, 3.8) is 0 Å². The van der Waals surface area contributed by atoms with Crippen molar-refractivity contribution < 1.29 is 26.7 Å². The molecule has 0 spiro atoms. The summed E-state index contributed by atoms with van der Waals surface area (Å²) in [5.41, 5.74) is 1.61. The first-order valence-corrected chi connectivity index (χ1v) is 11.9. The molecule has 0 amide bonds. The highest BCUT2D eigenvalue weighted by molar-refractivity contribution is 7.89. The highest BCUT2D eigenvalue weighted by atomic mass is 35.5. The fourth-order valence-corrected chi connectivity index (χ4v) is 4.85. The van der Waals surface area contributed by atoms with E-state index < -0.39 is 34.2 Å². The molecule has 0 aromatic heterocycles. The highest BCUT2D eigenvalue weighted by Gasteiger charge is 2.28. The van der Waals surface area contributed by atoms with Crippen molar-refractivity contribution >= 4 is 27.6 Å². The zero-order valence-corrected chi connectivity index (χ0v) is 19.6. The van der Waals surface area contributed by atoms with Crippen molar-refractivity contribution in [1.82, 2.24) is 4.31 Å². The molecule has 33 heavy (non-hydrogen) atoms. The van der Waals surface area contributed by atoms with Crippen molar-refractivity contribution in [2.45, 2.75) is 25.3 Å². The van der Waals surface area contributed by atoms with E-state index in [0.29, 0.717) is 16.1 Å². The summed E-state index contributed by atoms with van der Waals surface area (Å²) in [6, 6.07) is 13.8. The predicted molar refractivity (Wildman–Crippen MR) is 122 cm³/mol. The van der Waals surface area contributed by atoms with Gasteiger partial charge >= 0.3 is 5.97 Å². The summed E-state index contributed by atoms with van der Waals surface area (Å²) in [7, 11) is -4.12. The number of ether oxygens (including phenoxy) is 1. The maximum absolute atomic E-state index is 14.5. The first-order valence-electron chi connectivity index (χ1n) is 10.1. The molecule has 0 radical (unpaired) electrons. The second-order valence-electron chi connectivity index (χ2n) is 7.32. The second-order valence-corrected chi connectivity index (χ2v) is 9.69. The van der Waals surface area contributed by atoms with Gasteiger partial charge in [-0.05, 0) is 61.4 Å². The molecule has 9 heteroatoms. The molecule has 0 N–H and O–H groups in total. The lowest BCUT2D eigenvalue weighted by atomic mass is 9.99. The van der Waals surface area contributed by atoms with Crippen molar-refractivity contribution in [2.75, 3.05) is 13.2 Å². The fraction of sp³-hybridized carbons (Fsp3) is 0.208. The van der Waals surface area contributed by atoms with Gasteiger partial charge in [0, 0.05) is 23.2 Å². The number of carbonyl (C=O) groups excluding carboxylic acids is 1. The third-order valence-electron chi connectivity index (χ3n) is 4.90. The van der Waals surface area contributed by atoms with E-state index in [9.17, 15) is 22.0 Å². The van der Waals surface area contributed by atoms with E-state index in [-0.39, 0.29) is 23.6 Å². The number of sulfonamides is 1. The number of rotatable bonds is 8. The summed E-state index contributed by atoms with van der Waals surface area (Å²) in [6.07, 6.45) is 0.